The van der Waals surface area contributed by atoms with Crippen molar-refractivity contribution in [1.29, 1.82) is 0 Å². The van der Waals surface area contributed by atoms with Crippen molar-refractivity contribution in [3.05, 3.63) is 46.5 Å². The van der Waals surface area contributed by atoms with Gasteiger partial charge in [0, 0.05) is 82.0 Å². The van der Waals surface area contributed by atoms with Gasteiger partial charge in [0.15, 0.2) is 11.2 Å². The lowest BCUT2D eigenvalue weighted by Gasteiger charge is -2.42. The van der Waals surface area contributed by atoms with Gasteiger partial charge in [-0.2, -0.15) is 0 Å². The molecule has 0 unspecified atom stereocenters. The summed E-state index contributed by atoms with van der Waals surface area (Å²) in [6, 6.07) is 6.75. The third-order valence-corrected chi connectivity index (χ3v) is 14.2. The molecule has 0 aliphatic carbocycles. The molecular formula is C59H92N8O11. The maximum atomic E-state index is 14.3. The number of amides is 7. The van der Waals surface area contributed by atoms with E-state index in [-0.39, 0.29) is 79.0 Å². The second kappa shape index (κ2) is 25.3. The zero-order valence-corrected chi connectivity index (χ0v) is 50.0. The number of carbonyl (C=O) groups is 7. The van der Waals surface area contributed by atoms with Crippen LogP contribution in [0.2, 0.25) is 0 Å². The number of fused-ring (bicyclic) bond motifs is 2. The topological polar surface area (TPSA) is 214 Å². The van der Waals surface area contributed by atoms with E-state index < -0.39 is 22.4 Å². The Bertz CT molecular complexity index is 2530. The van der Waals surface area contributed by atoms with E-state index >= 15 is 0 Å². The Labute approximate surface area is 464 Å². The molecule has 4 heterocycles. The Morgan fingerprint density at radius 2 is 1.05 bits per heavy atom. The van der Waals surface area contributed by atoms with Crippen LogP contribution in [0.4, 0.5) is 21.0 Å². The van der Waals surface area contributed by atoms with Crippen LogP contribution in [-0.4, -0.2) is 160 Å². The van der Waals surface area contributed by atoms with Crippen molar-refractivity contribution in [1.82, 2.24) is 24.9 Å². The molecular weight excluding hydrogens is 997 g/mol. The van der Waals surface area contributed by atoms with Gasteiger partial charge in [-0.3, -0.25) is 24.0 Å². The number of rotatable bonds is 14. The van der Waals surface area contributed by atoms with Crippen molar-refractivity contribution in [2.45, 2.75) is 209 Å². The molecule has 2 aromatic carbocycles. The second-order valence-corrected chi connectivity index (χ2v) is 24.3. The number of likely N-dealkylation sites (tertiary alicyclic amines) is 2. The van der Waals surface area contributed by atoms with Crippen molar-refractivity contribution < 1.29 is 52.5 Å². The van der Waals surface area contributed by atoms with Crippen LogP contribution in [0.5, 0.6) is 11.5 Å². The van der Waals surface area contributed by atoms with Gasteiger partial charge in [-0.05, 0) is 171 Å². The maximum absolute atomic E-state index is 14.3. The molecule has 0 spiro atoms. The van der Waals surface area contributed by atoms with Crippen LogP contribution in [0.25, 0.3) is 0 Å². The minimum Gasteiger partial charge on any atom is -0.476 e. The van der Waals surface area contributed by atoms with E-state index in [1.54, 1.807) is 66.4 Å². The van der Waals surface area contributed by atoms with Gasteiger partial charge in [0.25, 0.3) is 23.6 Å². The number of ether oxygens (including phenoxy) is 4. The summed E-state index contributed by atoms with van der Waals surface area (Å²) in [5, 5.41) is 2.83. The summed E-state index contributed by atoms with van der Waals surface area (Å²) in [5.74, 6) is 0.338. The predicted molar refractivity (Wildman–Crippen MR) is 302 cm³/mol. The first-order chi connectivity index (χ1) is 36.3. The second-order valence-electron chi connectivity index (χ2n) is 24.3. The normalized spacial score (nSPS) is 18.9. The monoisotopic (exact) mass is 1090 g/mol. The number of nitrogens with zero attached hydrogens (tertiary/aromatic N) is 6. The molecule has 3 N–H and O–H groups in total. The van der Waals surface area contributed by atoms with Gasteiger partial charge in [0.05, 0.1) is 23.5 Å². The van der Waals surface area contributed by atoms with E-state index in [1.807, 2.05) is 105 Å². The van der Waals surface area contributed by atoms with E-state index in [0.29, 0.717) is 92.5 Å². The summed E-state index contributed by atoms with van der Waals surface area (Å²) in [6.45, 7) is 34.9. The largest absolute Gasteiger partial charge is 0.476 e. The Kier molecular flexibility index (Phi) is 20.4. The molecule has 0 bridgehead atoms. The summed E-state index contributed by atoms with van der Waals surface area (Å²) in [4.78, 5) is 103. The fourth-order valence-electron chi connectivity index (χ4n) is 10.6. The highest BCUT2D eigenvalue weighted by molar-refractivity contribution is 6.06. The zero-order chi connectivity index (χ0) is 58.4. The quantitative estimate of drug-likeness (QED) is 0.182. The standard InChI is InChI=1S/C31H48N4O6.C28H44N4O5/c1-10-21-17-25-24(34(16-14-32-26(36)11-2)28(38)31(8,9)40-25)18-23(21)27(37)35(20(3)4)22-13-12-15-33(19-22)29(39)41-30(5,6)7;1-9-19-15-23-22(31(14-12-29)25(34)28(7,8)36-23)16-21(19)24(33)32(18(2)3)20-11-10-13-30(17-20)26(35)37-27(4,5)6/h17-18,20,22H,10-16,19H2,1-9H3,(H,32,36);15-16,18,20H,9-14,17,29H2,1-8H3/t22-;20-/m11/s1. The molecule has 6 rings (SSSR count). The number of benzene rings is 2. The lowest BCUT2D eigenvalue weighted by Crippen LogP contribution is -2.55. The van der Waals surface area contributed by atoms with Crippen LogP contribution in [0, 0.1) is 0 Å². The molecule has 4 aliphatic rings. The molecule has 78 heavy (non-hydrogen) atoms. The van der Waals surface area contributed by atoms with Gasteiger partial charge >= 0.3 is 12.2 Å². The van der Waals surface area contributed by atoms with Crippen LogP contribution in [-0.2, 0) is 36.7 Å². The van der Waals surface area contributed by atoms with E-state index in [9.17, 15) is 33.6 Å². The Morgan fingerprint density at radius 3 is 1.38 bits per heavy atom. The lowest BCUT2D eigenvalue weighted by molar-refractivity contribution is -0.133. The van der Waals surface area contributed by atoms with Crippen molar-refractivity contribution in [3.63, 3.8) is 0 Å². The van der Waals surface area contributed by atoms with Gasteiger partial charge in [0.2, 0.25) is 5.91 Å². The van der Waals surface area contributed by atoms with Crippen LogP contribution >= 0.6 is 0 Å². The maximum Gasteiger partial charge on any atom is 0.410 e. The SMILES string of the molecule is CCC(=O)NCCN1C(=O)C(C)(C)Oc2cc(CC)c(C(=O)N(C(C)C)[C@@H]3CCCN(C(=O)OC(C)(C)C)C3)cc21.CCc1cc2c(cc1C(=O)N(C(C)C)[C@@H]1CCCN(C(=O)OC(C)(C)C)C1)N(CCN)C(=O)C(C)(C)O2. The first-order valence-corrected chi connectivity index (χ1v) is 28.2. The highest BCUT2D eigenvalue weighted by atomic mass is 16.6. The molecule has 0 radical (unpaired) electrons. The minimum absolute atomic E-state index is 0.0891. The van der Waals surface area contributed by atoms with Crippen molar-refractivity contribution in [3.8, 4) is 11.5 Å². The summed E-state index contributed by atoms with van der Waals surface area (Å²) < 4.78 is 23.4. The number of anilines is 2. The van der Waals surface area contributed by atoms with E-state index in [0.717, 1.165) is 36.8 Å². The highest BCUT2D eigenvalue weighted by Crippen LogP contribution is 2.42. The smallest absolute Gasteiger partial charge is 0.410 e. The van der Waals surface area contributed by atoms with Gasteiger partial charge in [0.1, 0.15) is 22.7 Å². The number of nitrogens with one attached hydrogen (secondary N) is 1. The van der Waals surface area contributed by atoms with E-state index in [4.69, 9.17) is 24.7 Å². The molecule has 0 saturated carbocycles. The molecule has 19 heteroatoms. The van der Waals surface area contributed by atoms with Gasteiger partial charge in [-0.15, -0.1) is 0 Å². The number of hydrogen-bond donors (Lipinski definition) is 2. The van der Waals surface area contributed by atoms with Crippen LogP contribution in [0.3, 0.4) is 0 Å². The van der Waals surface area contributed by atoms with Crippen LogP contribution < -0.4 is 30.3 Å². The zero-order valence-electron chi connectivity index (χ0n) is 50.0. The molecule has 2 atom stereocenters. The molecule has 2 aromatic rings. The lowest BCUT2D eigenvalue weighted by atomic mass is 9.96. The Morgan fingerprint density at radius 1 is 0.667 bits per heavy atom. The van der Waals surface area contributed by atoms with Crippen LogP contribution in [0.15, 0.2) is 24.3 Å². The number of nitrogens with two attached hydrogens (primary N) is 1. The first kappa shape index (κ1) is 62.7. The predicted octanol–water partition coefficient (Wildman–Crippen LogP) is 8.49. The third kappa shape index (κ3) is 15.0. The Balaban J connectivity index is 0.000000289. The average Bonchev–Trinajstić information content (AvgIpc) is 3.36. The van der Waals surface area contributed by atoms with Crippen LogP contribution in [0.1, 0.15) is 182 Å². The molecule has 2 saturated heterocycles. The van der Waals surface area contributed by atoms with Gasteiger partial charge in [-0.1, -0.05) is 20.8 Å². The number of aryl methyl sites for hydroxylation is 2. The number of hydrogen-bond acceptors (Lipinski definition) is 12. The van der Waals surface area contributed by atoms with E-state index in [1.165, 1.54) is 0 Å². The third-order valence-electron chi connectivity index (χ3n) is 14.2. The minimum atomic E-state index is -1.09. The average molecular weight is 1090 g/mol. The fraction of sp³-hybridized carbons (Fsp3) is 0.678. The first-order valence-electron chi connectivity index (χ1n) is 28.2. The van der Waals surface area contributed by atoms with E-state index in [2.05, 4.69) is 5.32 Å². The molecule has 7 amide bonds. The van der Waals surface area contributed by atoms with Crippen molar-refractivity contribution >= 4 is 53.1 Å². The van der Waals surface area contributed by atoms with Gasteiger partial charge < -0.3 is 59.4 Å². The number of piperidine rings is 2. The molecule has 0 aromatic heterocycles. The van der Waals surface area contributed by atoms with Crippen molar-refractivity contribution in [2.24, 2.45) is 5.73 Å². The fourth-order valence-corrected chi connectivity index (χ4v) is 10.6. The Hall–Kier alpha value is -6.11. The van der Waals surface area contributed by atoms with Gasteiger partial charge in [-0.25, -0.2) is 9.59 Å². The summed E-state index contributed by atoms with van der Waals surface area (Å²) in [6.07, 6.45) is 3.97. The molecule has 4 aliphatic heterocycles. The summed E-state index contributed by atoms with van der Waals surface area (Å²) in [5.41, 5.74) is 6.35. The summed E-state index contributed by atoms with van der Waals surface area (Å²) in [7, 11) is 0. The number of carbonyl (C=O) groups excluding carboxylic acids is 7. The summed E-state index contributed by atoms with van der Waals surface area (Å²) >= 11 is 0. The molecule has 2 fully saturated rings. The molecule has 19 nitrogen and oxygen atoms in total. The highest BCUT2D eigenvalue weighted by Gasteiger charge is 2.44. The van der Waals surface area contributed by atoms with Crippen molar-refractivity contribution in [2.75, 3.05) is 62.2 Å². The molecule has 434 valence electrons.